The fourth-order valence-corrected chi connectivity index (χ4v) is 4.29. The van der Waals surface area contributed by atoms with Crippen LogP contribution in [-0.4, -0.2) is 37.2 Å². The first-order chi connectivity index (χ1) is 11.9. The molecular weight excluding hydrogens is 340 g/mol. The van der Waals surface area contributed by atoms with Crippen molar-refractivity contribution in [3.63, 3.8) is 0 Å². The van der Waals surface area contributed by atoms with Crippen LogP contribution in [0.25, 0.3) is 11.1 Å². The van der Waals surface area contributed by atoms with Gasteiger partial charge in [-0.25, -0.2) is 8.42 Å². The zero-order valence-corrected chi connectivity index (χ0v) is 14.4. The first-order valence-corrected chi connectivity index (χ1v) is 9.76. The molecule has 0 atom stereocenters. The average molecular weight is 356 g/mol. The Morgan fingerprint density at radius 2 is 1.76 bits per heavy atom. The second-order valence-corrected chi connectivity index (χ2v) is 8.28. The maximum Gasteiger partial charge on any atom is 0.296 e. The van der Waals surface area contributed by atoms with Gasteiger partial charge in [-0.15, -0.1) is 0 Å². The Hall–Kier alpha value is -2.51. The average Bonchev–Trinajstić information content (AvgIpc) is 2.89. The van der Waals surface area contributed by atoms with Gasteiger partial charge in [0.15, 0.2) is 0 Å². The minimum absolute atomic E-state index is 0.157. The van der Waals surface area contributed by atoms with Gasteiger partial charge in [0.25, 0.3) is 11.7 Å². The van der Waals surface area contributed by atoms with Crippen molar-refractivity contribution >= 4 is 27.4 Å². The van der Waals surface area contributed by atoms with Gasteiger partial charge in [0.1, 0.15) is 0 Å². The van der Waals surface area contributed by atoms with Crippen LogP contribution in [-0.2, 0) is 27.8 Å². The first-order valence-electron chi connectivity index (χ1n) is 7.91. The molecule has 128 valence electrons. The number of nitrogens with one attached hydrogen (secondary N) is 1. The van der Waals surface area contributed by atoms with E-state index in [1.165, 1.54) is 10.6 Å². The molecule has 0 saturated carbocycles. The van der Waals surface area contributed by atoms with E-state index in [1.54, 1.807) is 6.07 Å². The molecule has 0 bridgehead atoms. The molecule has 2 aromatic carbocycles. The Labute approximate surface area is 145 Å². The number of amides is 1. The summed E-state index contributed by atoms with van der Waals surface area (Å²) in [6.45, 7) is 0.539. The topological polar surface area (TPSA) is 83.6 Å². The molecule has 4 rings (SSSR count). The molecular formula is C18H16N2O4S. The highest BCUT2D eigenvalue weighted by Crippen LogP contribution is 2.40. The van der Waals surface area contributed by atoms with Crippen LogP contribution in [0, 0.1) is 0 Å². The molecule has 25 heavy (non-hydrogen) atoms. The fraction of sp³-hybridized carbons (Fsp3) is 0.222. The summed E-state index contributed by atoms with van der Waals surface area (Å²) in [6.07, 6.45) is 1.70. The van der Waals surface area contributed by atoms with E-state index in [9.17, 15) is 18.0 Å². The van der Waals surface area contributed by atoms with Gasteiger partial charge in [-0.3, -0.25) is 9.59 Å². The van der Waals surface area contributed by atoms with Crippen molar-refractivity contribution in [3.05, 3.63) is 53.1 Å². The third-order valence-corrected chi connectivity index (χ3v) is 5.99. The van der Waals surface area contributed by atoms with Gasteiger partial charge < -0.3 is 5.32 Å². The number of hydrogen-bond donors (Lipinski definition) is 1. The lowest BCUT2D eigenvalue weighted by molar-refractivity contribution is -0.112. The van der Waals surface area contributed by atoms with Crippen LogP contribution >= 0.6 is 0 Å². The van der Waals surface area contributed by atoms with E-state index in [-0.39, 0.29) is 6.54 Å². The molecule has 0 saturated heterocycles. The number of carbonyl (C=O) groups excluding carboxylic acids is 2. The molecule has 0 unspecified atom stereocenters. The summed E-state index contributed by atoms with van der Waals surface area (Å²) in [4.78, 5) is 24.1. The van der Waals surface area contributed by atoms with Gasteiger partial charge >= 0.3 is 0 Å². The zero-order valence-electron chi connectivity index (χ0n) is 13.6. The van der Waals surface area contributed by atoms with E-state index in [2.05, 4.69) is 5.32 Å². The van der Waals surface area contributed by atoms with Crippen LogP contribution in [0.3, 0.4) is 0 Å². The molecule has 1 N–H and O–H groups in total. The lowest BCUT2D eigenvalue weighted by Gasteiger charge is -2.30. The molecule has 1 amide bonds. The number of sulfonamides is 1. The lowest BCUT2D eigenvalue weighted by atomic mass is 9.88. The molecule has 2 heterocycles. The predicted octanol–water partition coefficient (Wildman–Crippen LogP) is 1.81. The standard InChI is InChI=1S/C18H16N2O4S/c1-25(23,24)20-8-7-12-13(11-5-3-2-4-6-11)9-14-16(15(12)10-20)19-18(22)17(14)21/h2-6,9H,7-8,10H2,1H3,(H,19,21,22). The molecule has 6 nitrogen and oxygen atoms in total. The molecule has 2 aliphatic heterocycles. The number of rotatable bonds is 2. The van der Waals surface area contributed by atoms with Crippen molar-refractivity contribution < 1.29 is 18.0 Å². The van der Waals surface area contributed by atoms with Crippen LogP contribution in [0.5, 0.6) is 0 Å². The number of anilines is 1. The number of Topliss-reactive ketones (excluding diaryl/α,β-unsaturated/α-hetero) is 1. The lowest BCUT2D eigenvalue weighted by Crippen LogP contribution is -2.35. The van der Waals surface area contributed by atoms with Gasteiger partial charge in [-0.05, 0) is 34.7 Å². The second kappa shape index (κ2) is 5.50. The van der Waals surface area contributed by atoms with E-state index in [1.807, 2.05) is 30.3 Å². The van der Waals surface area contributed by atoms with Crippen LogP contribution in [0.2, 0.25) is 0 Å². The van der Waals surface area contributed by atoms with Crippen molar-refractivity contribution in [2.45, 2.75) is 13.0 Å². The Morgan fingerprint density at radius 3 is 2.44 bits per heavy atom. The molecule has 0 aromatic heterocycles. The smallest absolute Gasteiger partial charge is 0.296 e. The summed E-state index contributed by atoms with van der Waals surface area (Å²) in [6, 6.07) is 11.4. The van der Waals surface area contributed by atoms with Gasteiger partial charge in [-0.1, -0.05) is 30.3 Å². The Morgan fingerprint density at radius 1 is 1.04 bits per heavy atom. The summed E-state index contributed by atoms with van der Waals surface area (Å²) in [7, 11) is -3.35. The molecule has 0 spiro atoms. The molecule has 0 radical (unpaired) electrons. The Kier molecular flexibility index (Phi) is 3.52. The quantitative estimate of drug-likeness (QED) is 0.832. The van der Waals surface area contributed by atoms with Crippen molar-refractivity contribution in [1.82, 2.24) is 4.31 Å². The van der Waals surface area contributed by atoms with E-state index in [0.29, 0.717) is 29.8 Å². The second-order valence-electron chi connectivity index (χ2n) is 6.30. The summed E-state index contributed by atoms with van der Waals surface area (Å²) in [5.41, 5.74) is 4.30. The number of fused-ring (bicyclic) bond motifs is 3. The van der Waals surface area contributed by atoms with Crippen molar-refractivity contribution in [2.24, 2.45) is 0 Å². The molecule has 2 aromatic rings. The minimum atomic E-state index is -3.35. The van der Waals surface area contributed by atoms with E-state index in [0.717, 1.165) is 16.7 Å². The highest BCUT2D eigenvalue weighted by Gasteiger charge is 2.36. The first kappa shape index (κ1) is 16.0. The van der Waals surface area contributed by atoms with Crippen LogP contribution in [0.15, 0.2) is 36.4 Å². The van der Waals surface area contributed by atoms with E-state index in [4.69, 9.17) is 0 Å². The van der Waals surface area contributed by atoms with Gasteiger partial charge in [0, 0.05) is 13.1 Å². The third kappa shape index (κ3) is 2.56. The number of nitrogens with zero attached hydrogens (tertiary/aromatic N) is 1. The molecule has 0 aliphatic carbocycles. The van der Waals surface area contributed by atoms with Crippen LogP contribution in [0.4, 0.5) is 5.69 Å². The van der Waals surface area contributed by atoms with E-state index < -0.39 is 21.7 Å². The largest absolute Gasteiger partial charge is 0.318 e. The Bertz CT molecular complexity index is 1010. The molecule has 7 heteroatoms. The SMILES string of the molecule is CS(=O)(=O)N1CCc2c(-c3ccccc3)cc3c(c2C1)NC(=O)C3=O. The van der Waals surface area contributed by atoms with Gasteiger partial charge in [0.2, 0.25) is 10.0 Å². The summed E-state index contributed by atoms with van der Waals surface area (Å²) >= 11 is 0. The van der Waals surface area contributed by atoms with Crippen LogP contribution < -0.4 is 5.32 Å². The normalized spacial score (nSPS) is 17.2. The maximum absolute atomic E-state index is 12.2. The zero-order chi connectivity index (χ0) is 17.8. The molecule has 2 aliphatic rings. The van der Waals surface area contributed by atoms with Crippen molar-refractivity contribution in [3.8, 4) is 11.1 Å². The highest BCUT2D eigenvalue weighted by atomic mass is 32.2. The Balaban J connectivity index is 1.96. The van der Waals surface area contributed by atoms with Gasteiger partial charge in [-0.2, -0.15) is 4.31 Å². The summed E-state index contributed by atoms with van der Waals surface area (Å²) < 4.78 is 25.3. The maximum atomic E-state index is 12.2. The van der Waals surface area contributed by atoms with Crippen LogP contribution in [0.1, 0.15) is 21.5 Å². The fourth-order valence-electron chi connectivity index (χ4n) is 3.50. The number of hydrogen-bond acceptors (Lipinski definition) is 4. The van der Waals surface area contributed by atoms with Gasteiger partial charge in [0.05, 0.1) is 17.5 Å². The number of benzene rings is 2. The van der Waals surface area contributed by atoms with Crippen molar-refractivity contribution in [2.75, 3.05) is 18.1 Å². The summed E-state index contributed by atoms with van der Waals surface area (Å²) in [5, 5.41) is 2.62. The third-order valence-electron chi connectivity index (χ3n) is 4.74. The number of ketones is 1. The van der Waals surface area contributed by atoms with E-state index >= 15 is 0 Å². The van der Waals surface area contributed by atoms with Crippen molar-refractivity contribution in [1.29, 1.82) is 0 Å². The highest BCUT2D eigenvalue weighted by molar-refractivity contribution is 7.88. The molecule has 0 fully saturated rings. The monoisotopic (exact) mass is 356 g/mol. The summed E-state index contributed by atoms with van der Waals surface area (Å²) in [5.74, 6) is -1.25. The minimum Gasteiger partial charge on any atom is -0.318 e. The number of carbonyl (C=O) groups is 2. The predicted molar refractivity (Wildman–Crippen MR) is 93.8 cm³/mol.